The fraction of sp³-hybridized carbons (Fsp3) is 0.133. The van der Waals surface area contributed by atoms with Gasteiger partial charge in [-0.3, -0.25) is 0 Å². The van der Waals surface area contributed by atoms with Gasteiger partial charge in [0.25, 0.3) is 0 Å². The highest BCUT2D eigenvalue weighted by molar-refractivity contribution is 5.91. The maximum absolute atomic E-state index is 13.5. The Morgan fingerprint density at radius 3 is 2.42 bits per heavy atom. The summed E-state index contributed by atoms with van der Waals surface area (Å²) >= 11 is 0. The molecule has 0 heterocycles. The smallest absolute Gasteiger partial charge is 0.339 e. The first kappa shape index (κ1) is 13.1. The monoisotopic (exact) mass is 260 g/mol. The van der Waals surface area contributed by atoms with E-state index in [1.54, 1.807) is 6.92 Å². The molecule has 1 unspecified atom stereocenters. The second-order valence-corrected chi connectivity index (χ2v) is 4.33. The van der Waals surface area contributed by atoms with Crippen molar-refractivity contribution in [3.05, 3.63) is 65.0 Å². The van der Waals surface area contributed by atoms with Crippen molar-refractivity contribution >= 4 is 5.97 Å². The molecular formula is C15H13FO3. The van der Waals surface area contributed by atoms with E-state index in [4.69, 9.17) is 5.11 Å². The molecule has 98 valence electrons. The SMILES string of the molecule is CC(c1ccccc1)c1cc(F)cc(C(=O)O)c1O. The first-order valence-electron chi connectivity index (χ1n) is 5.81. The van der Waals surface area contributed by atoms with Crippen LogP contribution in [0.25, 0.3) is 0 Å². The number of aromatic carboxylic acids is 1. The third-order valence-electron chi connectivity index (χ3n) is 3.10. The highest BCUT2D eigenvalue weighted by Crippen LogP contribution is 2.34. The van der Waals surface area contributed by atoms with Crippen LogP contribution in [0, 0.1) is 5.82 Å². The molecule has 0 saturated heterocycles. The van der Waals surface area contributed by atoms with E-state index in [9.17, 15) is 14.3 Å². The van der Waals surface area contributed by atoms with Crippen LogP contribution in [0.4, 0.5) is 4.39 Å². The number of phenols is 1. The van der Waals surface area contributed by atoms with Crippen LogP contribution in [0.15, 0.2) is 42.5 Å². The predicted molar refractivity (Wildman–Crippen MR) is 69.0 cm³/mol. The largest absolute Gasteiger partial charge is 0.507 e. The maximum Gasteiger partial charge on any atom is 0.339 e. The first-order chi connectivity index (χ1) is 9.00. The van der Waals surface area contributed by atoms with E-state index >= 15 is 0 Å². The molecule has 2 aromatic rings. The number of carboxylic acids is 1. The molecule has 2 aromatic carbocycles. The zero-order valence-electron chi connectivity index (χ0n) is 10.3. The summed E-state index contributed by atoms with van der Waals surface area (Å²) in [7, 11) is 0. The fourth-order valence-electron chi connectivity index (χ4n) is 2.03. The molecule has 0 bridgehead atoms. The number of carboxylic acid groups (broad SMARTS) is 1. The third kappa shape index (κ3) is 2.57. The second-order valence-electron chi connectivity index (χ2n) is 4.33. The lowest BCUT2D eigenvalue weighted by Crippen LogP contribution is -2.04. The van der Waals surface area contributed by atoms with Crippen molar-refractivity contribution in [3.63, 3.8) is 0 Å². The molecule has 0 radical (unpaired) electrons. The normalized spacial score (nSPS) is 12.1. The minimum Gasteiger partial charge on any atom is -0.507 e. The van der Waals surface area contributed by atoms with E-state index < -0.39 is 17.3 Å². The number of hydrogen-bond acceptors (Lipinski definition) is 2. The zero-order chi connectivity index (χ0) is 14.0. The maximum atomic E-state index is 13.5. The average molecular weight is 260 g/mol. The molecule has 0 amide bonds. The van der Waals surface area contributed by atoms with Gasteiger partial charge in [0.15, 0.2) is 0 Å². The van der Waals surface area contributed by atoms with E-state index in [0.29, 0.717) is 0 Å². The van der Waals surface area contributed by atoms with E-state index in [1.807, 2.05) is 30.3 Å². The van der Waals surface area contributed by atoms with Gasteiger partial charge in [0.2, 0.25) is 0 Å². The molecule has 0 aromatic heterocycles. The summed E-state index contributed by atoms with van der Waals surface area (Å²) in [5.74, 6) is -2.70. The van der Waals surface area contributed by atoms with Crippen molar-refractivity contribution in [2.24, 2.45) is 0 Å². The summed E-state index contributed by atoms with van der Waals surface area (Å²) in [6.07, 6.45) is 0. The van der Waals surface area contributed by atoms with Gasteiger partial charge in [0.1, 0.15) is 17.1 Å². The Morgan fingerprint density at radius 2 is 1.84 bits per heavy atom. The number of carbonyl (C=O) groups is 1. The van der Waals surface area contributed by atoms with Gasteiger partial charge >= 0.3 is 5.97 Å². The minimum atomic E-state index is -1.35. The van der Waals surface area contributed by atoms with Gasteiger partial charge in [-0.15, -0.1) is 0 Å². The average Bonchev–Trinajstić information content (AvgIpc) is 2.41. The molecule has 0 fully saturated rings. The Labute approximate surface area is 109 Å². The summed E-state index contributed by atoms with van der Waals surface area (Å²) < 4.78 is 13.5. The number of halogens is 1. The van der Waals surface area contributed by atoms with Crippen LogP contribution >= 0.6 is 0 Å². The summed E-state index contributed by atoms with van der Waals surface area (Å²) in [5.41, 5.74) is 0.723. The topological polar surface area (TPSA) is 57.5 Å². The zero-order valence-corrected chi connectivity index (χ0v) is 10.3. The molecular weight excluding hydrogens is 247 g/mol. The Hall–Kier alpha value is -2.36. The molecule has 0 aliphatic rings. The molecule has 2 N–H and O–H groups in total. The molecule has 0 spiro atoms. The van der Waals surface area contributed by atoms with Crippen LogP contribution in [0.3, 0.4) is 0 Å². The highest BCUT2D eigenvalue weighted by atomic mass is 19.1. The molecule has 3 nitrogen and oxygen atoms in total. The van der Waals surface area contributed by atoms with Gasteiger partial charge in [-0.05, 0) is 17.7 Å². The summed E-state index contributed by atoms with van der Waals surface area (Å²) in [6.45, 7) is 1.79. The van der Waals surface area contributed by atoms with Gasteiger partial charge < -0.3 is 10.2 Å². The van der Waals surface area contributed by atoms with Crippen molar-refractivity contribution in [1.29, 1.82) is 0 Å². The molecule has 0 aliphatic carbocycles. The number of hydrogen-bond donors (Lipinski definition) is 2. The van der Waals surface area contributed by atoms with Gasteiger partial charge in [-0.2, -0.15) is 0 Å². The lowest BCUT2D eigenvalue weighted by molar-refractivity contribution is 0.0693. The Bertz CT molecular complexity index is 608. The van der Waals surface area contributed by atoms with Gasteiger partial charge in [-0.1, -0.05) is 37.3 Å². The Morgan fingerprint density at radius 1 is 1.21 bits per heavy atom. The lowest BCUT2D eigenvalue weighted by Gasteiger charge is -2.15. The van der Waals surface area contributed by atoms with E-state index in [2.05, 4.69) is 0 Å². The highest BCUT2D eigenvalue weighted by Gasteiger charge is 2.20. The third-order valence-corrected chi connectivity index (χ3v) is 3.10. The molecule has 2 rings (SSSR count). The Kier molecular flexibility index (Phi) is 3.51. The summed E-state index contributed by atoms with van der Waals surface area (Å²) in [5, 5.41) is 18.9. The molecule has 19 heavy (non-hydrogen) atoms. The number of benzene rings is 2. The van der Waals surface area contributed by atoms with Crippen LogP contribution in [0.1, 0.15) is 34.3 Å². The van der Waals surface area contributed by atoms with E-state index in [0.717, 1.165) is 11.6 Å². The van der Waals surface area contributed by atoms with Crippen molar-refractivity contribution < 1.29 is 19.4 Å². The summed E-state index contributed by atoms with van der Waals surface area (Å²) in [4.78, 5) is 11.0. The van der Waals surface area contributed by atoms with Crippen LogP contribution < -0.4 is 0 Å². The predicted octanol–water partition coefficient (Wildman–Crippen LogP) is 3.38. The molecule has 0 saturated carbocycles. The standard InChI is InChI=1S/C15H13FO3/c1-9(10-5-3-2-4-6-10)12-7-11(16)8-13(14(12)17)15(18)19/h2-9,17H,1H3,(H,18,19). The van der Waals surface area contributed by atoms with Crippen LogP contribution in [-0.4, -0.2) is 16.2 Å². The van der Waals surface area contributed by atoms with Gasteiger partial charge in [0.05, 0.1) is 0 Å². The quantitative estimate of drug-likeness (QED) is 0.889. The fourth-order valence-corrected chi connectivity index (χ4v) is 2.03. The molecule has 4 heteroatoms. The Balaban J connectivity index is 2.54. The number of rotatable bonds is 3. The minimum absolute atomic E-state index is 0.267. The van der Waals surface area contributed by atoms with Crippen LogP contribution in [0.2, 0.25) is 0 Å². The van der Waals surface area contributed by atoms with Crippen molar-refractivity contribution in [2.45, 2.75) is 12.8 Å². The van der Waals surface area contributed by atoms with Crippen LogP contribution in [-0.2, 0) is 0 Å². The van der Waals surface area contributed by atoms with Crippen LogP contribution in [0.5, 0.6) is 5.75 Å². The summed E-state index contributed by atoms with van der Waals surface area (Å²) in [6, 6.07) is 11.2. The van der Waals surface area contributed by atoms with Gasteiger partial charge in [0, 0.05) is 11.5 Å². The van der Waals surface area contributed by atoms with Crippen molar-refractivity contribution in [1.82, 2.24) is 0 Å². The number of aromatic hydroxyl groups is 1. The van der Waals surface area contributed by atoms with Crippen molar-refractivity contribution in [3.8, 4) is 5.75 Å². The molecule has 1 atom stereocenters. The lowest BCUT2D eigenvalue weighted by atomic mass is 9.91. The molecule has 0 aliphatic heterocycles. The van der Waals surface area contributed by atoms with Crippen molar-refractivity contribution in [2.75, 3.05) is 0 Å². The second kappa shape index (κ2) is 5.10. The first-order valence-corrected chi connectivity index (χ1v) is 5.81. The van der Waals surface area contributed by atoms with E-state index in [1.165, 1.54) is 6.07 Å². The van der Waals surface area contributed by atoms with Gasteiger partial charge in [-0.25, -0.2) is 9.18 Å². The van der Waals surface area contributed by atoms with E-state index in [-0.39, 0.29) is 17.2 Å².